The predicted molar refractivity (Wildman–Crippen MR) is 75.7 cm³/mol. The molecule has 2 nitrogen and oxygen atoms in total. The number of benzene rings is 1. The molecule has 1 heterocycles. The van der Waals surface area contributed by atoms with Crippen molar-refractivity contribution in [1.82, 2.24) is 0 Å². The Balaban J connectivity index is 0.000000225. The first-order chi connectivity index (χ1) is 8.56. The van der Waals surface area contributed by atoms with Gasteiger partial charge in [0.05, 0.1) is 0 Å². The van der Waals surface area contributed by atoms with Crippen molar-refractivity contribution in [1.29, 1.82) is 0 Å². The smallest absolute Gasteiger partial charge is 0.119 e. The molecule has 0 aliphatic carbocycles. The zero-order chi connectivity index (χ0) is 13.5. The fourth-order valence-electron chi connectivity index (χ4n) is 1.91. The predicted octanol–water partition coefficient (Wildman–Crippen LogP) is 4.66. The van der Waals surface area contributed by atoms with E-state index >= 15 is 0 Å². The van der Waals surface area contributed by atoms with Crippen molar-refractivity contribution in [2.45, 2.75) is 59.0 Å². The zero-order valence-electron chi connectivity index (χ0n) is 12.3. The van der Waals surface area contributed by atoms with Crippen LogP contribution < -0.4 is 0 Å². The van der Waals surface area contributed by atoms with Crippen LogP contribution >= 0.6 is 0 Å². The average Bonchev–Trinajstić information content (AvgIpc) is 2.28. The Morgan fingerprint density at radius 1 is 1.06 bits per heavy atom. The second-order valence-corrected chi connectivity index (χ2v) is 5.35. The van der Waals surface area contributed by atoms with E-state index in [1.165, 1.54) is 11.1 Å². The molecule has 1 fully saturated rings. The molecular formula is C16H26O2. The molecule has 0 bridgehead atoms. The Bertz CT molecular complexity index is 311. The average molecular weight is 250 g/mol. The van der Waals surface area contributed by atoms with Crippen LogP contribution in [-0.2, 0) is 9.78 Å². The molecule has 18 heavy (non-hydrogen) atoms. The molecule has 0 amide bonds. The van der Waals surface area contributed by atoms with Gasteiger partial charge in [0.1, 0.15) is 12.7 Å². The molecule has 1 aliphatic heterocycles. The number of hydrogen-bond donors (Lipinski definition) is 0. The first kappa shape index (κ1) is 15.2. The normalized spacial score (nSPS) is 18.3. The minimum Gasteiger partial charge on any atom is -0.233 e. The second-order valence-electron chi connectivity index (χ2n) is 5.35. The van der Waals surface area contributed by atoms with Crippen molar-refractivity contribution < 1.29 is 9.78 Å². The summed E-state index contributed by atoms with van der Waals surface area (Å²) in [7, 11) is 0. The molecule has 2 rings (SSSR count). The van der Waals surface area contributed by atoms with Gasteiger partial charge in [-0.1, -0.05) is 58.9 Å². The van der Waals surface area contributed by atoms with Gasteiger partial charge in [0.2, 0.25) is 0 Å². The molecule has 102 valence electrons. The van der Waals surface area contributed by atoms with Crippen LogP contribution in [-0.4, -0.2) is 12.7 Å². The van der Waals surface area contributed by atoms with Gasteiger partial charge in [0.25, 0.3) is 0 Å². The van der Waals surface area contributed by atoms with Crippen LogP contribution in [0, 0.1) is 0 Å². The van der Waals surface area contributed by atoms with Crippen LogP contribution in [0.5, 0.6) is 0 Å². The zero-order valence-corrected chi connectivity index (χ0v) is 12.3. The fraction of sp³-hybridized carbons (Fsp3) is 0.625. The number of rotatable bonds is 3. The van der Waals surface area contributed by atoms with E-state index in [2.05, 4.69) is 68.7 Å². The Kier molecular flexibility index (Phi) is 6.37. The third kappa shape index (κ3) is 4.43. The monoisotopic (exact) mass is 250 g/mol. The summed E-state index contributed by atoms with van der Waals surface area (Å²) in [5, 5.41) is 0. The van der Waals surface area contributed by atoms with Crippen molar-refractivity contribution in [3.8, 4) is 0 Å². The molecular weight excluding hydrogens is 224 g/mol. The van der Waals surface area contributed by atoms with Crippen molar-refractivity contribution >= 4 is 0 Å². The number of hydrogen-bond acceptors (Lipinski definition) is 2. The molecule has 1 saturated heterocycles. The topological polar surface area (TPSA) is 18.5 Å². The minimum atomic E-state index is 0.394. The summed E-state index contributed by atoms with van der Waals surface area (Å²) in [5.74, 6) is 1.28. The molecule has 1 aliphatic rings. The van der Waals surface area contributed by atoms with Gasteiger partial charge < -0.3 is 0 Å². The summed E-state index contributed by atoms with van der Waals surface area (Å²) in [6.45, 7) is 11.9. The molecule has 0 N–H and O–H groups in total. The van der Waals surface area contributed by atoms with Crippen molar-refractivity contribution in [2.24, 2.45) is 0 Å². The Morgan fingerprint density at radius 2 is 1.50 bits per heavy atom. The third-order valence-corrected chi connectivity index (χ3v) is 3.15. The Morgan fingerprint density at radius 3 is 1.67 bits per heavy atom. The maximum atomic E-state index is 4.58. The summed E-state index contributed by atoms with van der Waals surface area (Å²) in [5.41, 5.74) is 2.99. The lowest BCUT2D eigenvalue weighted by Crippen LogP contribution is -2.29. The largest absolute Gasteiger partial charge is 0.233 e. The summed E-state index contributed by atoms with van der Waals surface area (Å²) in [6.07, 6.45) is 1.46. The van der Waals surface area contributed by atoms with Gasteiger partial charge in [-0.25, -0.2) is 9.78 Å². The van der Waals surface area contributed by atoms with Crippen molar-refractivity contribution in [3.05, 3.63) is 35.4 Å². The van der Waals surface area contributed by atoms with Gasteiger partial charge in [-0.3, -0.25) is 0 Å². The maximum Gasteiger partial charge on any atom is 0.119 e. The van der Waals surface area contributed by atoms with Crippen LogP contribution in [0.25, 0.3) is 0 Å². The highest BCUT2D eigenvalue weighted by Gasteiger charge is 2.16. The quantitative estimate of drug-likeness (QED) is 0.726. The summed E-state index contributed by atoms with van der Waals surface area (Å²) in [6, 6.07) is 8.72. The van der Waals surface area contributed by atoms with Crippen molar-refractivity contribution in [3.63, 3.8) is 0 Å². The lowest BCUT2D eigenvalue weighted by molar-refractivity contribution is -0.424. The maximum absolute atomic E-state index is 4.58. The molecule has 1 unspecified atom stereocenters. The highest BCUT2D eigenvalue weighted by molar-refractivity contribution is 5.31. The van der Waals surface area contributed by atoms with Crippen LogP contribution in [0.4, 0.5) is 0 Å². The highest BCUT2D eigenvalue weighted by Crippen LogP contribution is 2.25. The molecule has 0 saturated carbocycles. The first-order valence-electron chi connectivity index (χ1n) is 6.93. The third-order valence-electron chi connectivity index (χ3n) is 3.15. The highest BCUT2D eigenvalue weighted by atomic mass is 17.2. The Labute approximate surface area is 111 Å². The molecule has 1 atom stereocenters. The van der Waals surface area contributed by atoms with E-state index in [0.717, 1.165) is 13.0 Å². The van der Waals surface area contributed by atoms with E-state index in [9.17, 15) is 0 Å². The van der Waals surface area contributed by atoms with Crippen LogP contribution in [0.15, 0.2) is 24.3 Å². The first-order valence-corrected chi connectivity index (χ1v) is 6.93. The van der Waals surface area contributed by atoms with Crippen molar-refractivity contribution in [2.75, 3.05) is 6.61 Å². The van der Waals surface area contributed by atoms with Gasteiger partial charge >= 0.3 is 0 Å². The molecule has 2 heteroatoms. The molecule has 1 aromatic carbocycles. The summed E-state index contributed by atoms with van der Waals surface area (Å²) >= 11 is 0. The van der Waals surface area contributed by atoms with E-state index in [1.807, 2.05) is 0 Å². The van der Waals surface area contributed by atoms with Gasteiger partial charge in [-0.05, 0) is 29.4 Å². The Hall–Kier alpha value is -0.860. The van der Waals surface area contributed by atoms with Crippen LogP contribution in [0.1, 0.15) is 64.0 Å². The standard InChI is InChI=1S/C12H18.C4H8O2/c1-9(2)11-7-5-6-8-12(11)10(3)4;1-2-4-3-5-6-4/h5-10H,1-4H3;4H,2-3H2,1H3. The lowest BCUT2D eigenvalue weighted by Gasteiger charge is -2.22. The van der Waals surface area contributed by atoms with E-state index in [-0.39, 0.29) is 0 Å². The van der Waals surface area contributed by atoms with E-state index in [1.54, 1.807) is 0 Å². The van der Waals surface area contributed by atoms with Crippen LogP contribution in [0.3, 0.4) is 0 Å². The fourth-order valence-corrected chi connectivity index (χ4v) is 1.91. The molecule has 1 aromatic rings. The minimum absolute atomic E-state index is 0.394. The lowest BCUT2D eigenvalue weighted by atomic mass is 9.91. The summed E-state index contributed by atoms with van der Waals surface area (Å²) in [4.78, 5) is 9.01. The summed E-state index contributed by atoms with van der Waals surface area (Å²) < 4.78 is 0. The van der Waals surface area contributed by atoms with Gasteiger partial charge in [0.15, 0.2) is 0 Å². The van der Waals surface area contributed by atoms with Gasteiger partial charge in [-0.2, -0.15) is 0 Å². The SMILES string of the molecule is CC(C)c1ccccc1C(C)C.CCC1COO1. The van der Waals surface area contributed by atoms with Crippen LogP contribution in [0.2, 0.25) is 0 Å². The van der Waals surface area contributed by atoms with E-state index in [4.69, 9.17) is 0 Å². The molecule has 0 radical (unpaired) electrons. The van der Waals surface area contributed by atoms with Gasteiger partial charge in [0, 0.05) is 0 Å². The van der Waals surface area contributed by atoms with E-state index in [0.29, 0.717) is 17.9 Å². The second kappa shape index (κ2) is 7.55. The molecule has 0 aromatic heterocycles. The van der Waals surface area contributed by atoms with E-state index < -0.39 is 0 Å². The molecule has 0 spiro atoms. The van der Waals surface area contributed by atoms with Gasteiger partial charge in [-0.15, -0.1) is 0 Å².